The molecule has 2 rings (SSSR count). The Bertz CT molecular complexity index is 379. The maximum atomic E-state index is 12.6. The van der Waals surface area contributed by atoms with E-state index < -0.39 is 29.8 Å². The normalized spacial score (nSPS) is 25.9. The van der Waals surface area contributed by atoms with Gasteiger partial charge in [-0.15, -0.1) is 0 Å². The maximum absolute atomic E-state index is 12.6. The Morgan fingerprint density at radius 3 is 2.39 bits per heavy atom. The highest BCUT2D eigenvalue weighted by atomic mass is 19.4. The molecule has 1 saturated carbocycles. The lowest BCUT2D eigenvalue weighted by atomic mass is 10.2. The second-order valence-electron chi connectivity index (χ2n) is 4.70. The minimum Gasteiger partial charge on any atom is -0.480 e. The largest absolute Gasteiger partial charge is 0.480 e. The van der Waals surface area contributed by atoms with Crippen LogP contribution < -0.4 is 5.32 Å². The third-order valence-corrected chi connectivity index (χ3v) is 3.44. The summed E-state index contributed by atoms with van der Waals surface area (Å²) in [5, 5.41) is 10.8. The van der Waals surface area contributed by atoms with E-state index in [0.717, 1.165) is 4.90 Å². The molecule has 0 bridgehead atoms. The molecule has 18 heavy (non-hydrogen) atoms. The van der Waals surface area contributed by atoms with Crippen molar-refractivity contribution in [1.29, 1.82) is 0 Å². The highest BCUT2D eigenvalue weighted by Crippen LogP contribution is 2.49. The number of carbonyl (C=O) groups is 2. The minimum atomic E-state index is -4.49. The molecule has 0 aromatic heterocycles. The van der Waals surface area contributed by atoms with Crippen molar-refractivity contribution in [3.63, 3.8) is 0 Å². The summed E-state index contributed by atoms with van der Waals surface area (Å²) >= 11 is 0. The Morgan fingerprint density at radius 1 is 1.33 bits per heavy atom. The summed E-state index contributed by atoms with van der Waals surface area (Å²) in [7, 11) is 0. The lowest BCUT2D eigenvalue weighted by molar-refractivity contribution is -0.163. The molecule has 1 aliphatic carbocycles. The van der Waals surface area contributed by atoms with Crippen molar-refractivity contribution in [3.8, 4) is 0 Å². The Hall–Kier alpha value is -1.47. The molecule has 2 amide bonds. The van der Waals surface area contributed by atoms with E-state index in [9.17, 15) is 22.8 Å². The molecule has 1 aliphatic heterocycles. The van der Waals surface area contributed by atoms with Crippen LogP contribution in [0.4, 0.5) is 18.0 Å². The van der Waals surface area contributed by atoms with Gasteiger partial charge in [0.15, 0.2) is 0 Å². The van der Waals surface area contributed by atoms with Gasteiger partial charge >= 0.3 is 18.2 Å². The zero-order valence-electron chi connectivity index (χ0n) is 9.46. The fourth-order valence-corrected chi connectivity index (χ4v) is 2.15. The van der Waals surface area contributed by atoms with E-state index in [1.165, 1.54) is 0 Å². The molecule has 0 aromatic rings. The summed E-state index contributed by atoms with van der Waals surface area (Å²) in [6.45, 7) is 0.177. The molecule has 2 aliphatic rings. The van der Waals surface area contributed by atoms with Crippen molar-refractivity contribution >= 4 is 12.0 Å². The minimum absolute atomic E-state index is 0.145. The fraction of sp³-hybridized carbons (Fsp3) is 0.800. The quantitative estimate of drug-likeness (QED) is 0.792. The monoisotopic (exact) mass is 266 g/mol. The predicted molar refractivity (Wildman–Crippen MR) is 53.9 cm³/mol. The number of carboxylic acid groups (broad SMARTS) is 1. The van der Waals surface area contributed by atoms with E-state index in [0.29, 0.717) is 6.42 Å². The van der Waals surface area contributed by atoms with Crippen LogP contribution in [0.15, 0.2) is 0 Å². The van der Waals surface area contributed by atoms with Crippen molar-refractivity contribution in [2.24, 2.45) is 0 Å². The van der Waals surface area contributed by atoms with E-state index in [1.807, 2.05) is 5.32 Å². The Balaban J connectivity index is 2.03. The second kappa shape index (κ2) is 4.03. The number of alkyl halides is 3. The number of nitrogens with zero attached hydrogens (tertiary/aromatic N) is 1. The van der Waals surface area contributed by atoms with Gasteiger partial charge in [-0.3, -0.25) is 0 Å². The van der Waals surface area contributed by atoms with Gasteiger partial charge in [-0.2, -0.15) is 13.2 Å². The van der Waals surface area contributed by atoms with E-state index in [4.69, 9.17) is 5.11 Å². The molecule has 5 nitrogen and oxygen atoms in total. The van der Waals surface area contributed by atoms with Crippen LogP contribution in [0.5, 0.6) is 0 Å². The SMILES string of the molecule is O=C(O)[C@H]1CCCN1C(=O)NC1(C(F)(F)F)CC1. The third-order valence-electron chi connectivity index (χ3n) is 3.44. The van der Waals surface area contributed by atoms with Crippen LogP contribution in [0.2, 0.25) is 0 Å². The van der Waals surface area contributed by atoms with Crippen molar-refractivity contribution in [2.45, 2.75) is 43.4 Å². The number of carboxylic acids is 1. The zero-order valence-corrected chi connectivity index (χ0v) is 9.46. The van der Waals surface area contributed by atoms with Crippen molar-refractivity contribution in [2.75, 3.05) is 6.54 Å². The molecule has 0 unspecified atom stereocenters. The molecule has 8 heteroatoms. The number of nitrogens with one attached hydrogen (secondary N) is 1. The van der Waals surface area contributed by atoms with Crippen LogP contribution in [0.25, 0.3) is 0 Å². The molecule has 0 aromatic carbocycles. The van der Waals surface area contributed by atoms with E-state index >= 15 is 0 Å². The number of rotatable bonds is 2. The summed E-state index contributed by atoms with van der Waals surface area (Å²) in [5.74, 6) is -1.18. The Morgan fingerprint density at radius 2 is 1.94 bits per heavy atom. The van der Waals surface area contributed by atoms with Gasteiger partial charge in [-0.1, -0.05) is 0 Å². The number of hydrogen-bond acceptors (Lipinski definition) is 2. The first-order chi connectivity index (χ1) is 8.27. The average molecular weight is 266 g/mol. The molecule has 1 heterocycles. The van der Waals surface area contributed by atoms with Crippen LogP contribution in [0.3, 0.4) is 0 Å². The first kappa shape index (κ1) is 13.0. The summed E-state index contributed by atoms with van der Waals surface area (Å²) in [6.07, 6.45) is -4.01. The number of urea groups is 1. The molecule has 1 saturated heterocycles. The van der Waals surface area contributed by atoms with Crippen LogP contribution >= 0.6 is 0 Å². The lowest BCUT2D eigenvalue weighted by Gasteiger charge is -2.27. The Kier molecular flexibility index (Phi) is 2.90. The molecule has 2 fully saturated rings. The molecule has 0 spiro atoms. The van der Waals surface area contributed by atoms with Gasteiger partial charge < -0.3 is 15.3 Å². The van der Waals surface area contributed by atoms with Gasteiger partial charge in [0, 0.05) is 6.54 Å². The van der Waals surface area contributed by atoms with Crippen LogP contribution in [0.1, 0.15) is 25.7 Å². The number of amides is 2. The predicted octanol–water partition coefficient (Wildman–Crippen LogP) is 1.34. The molecular weight excluding hydrogens is 253 g/mol. The summed E-state index contributed by atoms with van der Waals surface area (Å²) < 4.78 is 37.9. The molecule has 0 radical (unpaired) electrons. The molecule has 1 atom stereocenters. The first-order valence-corrected chi connectivity index (χ1v) is 5.65. The van der Waals surface area contributed by atoms with E-state index in [1.54, 1.807) is 0 Å². The average Bonchev–Trinajstić information content (AvgIpc) is 2.87. The number of hydrogen-bond donors (Lipinski definition) is 2. The zero-order chi connectivity index (χ0) is 13.6. The third kappa shape index (κ3) is 2.11. The first-order valence-electron chi connectivity index (χ1n) is 5.65. The highest BCUT2D eigenvalue weighted by molar-refractivity contribution is 5.84. The van der Waals surface area contributed by atoms with E-state index in [-0.39, 0.29) is 25.8 Å². The Labute approximate surface area is 101 Å². The van der Waals surface area contributed by atoms with Gasteiger partial charge in [0.05, 0.1) is 0 Å². The maximum Gasteiger partial charge on any atom is 0.411 e. The summed E-state index contributed by atoms with van der Waals surface area (Å²) in [5.41, 5.74) is -2.14. The number of likely N-dealkylation sites (tertiary alicyclic amines) is 1. The van der Waals surface area contributed by atoms with Crippen molar-refractivity contribution < 1.29 is 27.9 Å². The van der Waals surface area contributed by atoms with Crippen LogP contribution in [-0.2, 0) is 4.79 Å². The van der Waals surface area contributed by atoms with Crippen LogP contribution in [0, 0.1) is 0 Å². The van der Waals surface area contributed by atoms with Gasteiger partial charge in [0.25, 0.3) is 0 Å². The van der Waals surface area contributed by atoms with Crippen LogP contribution in [-0.4, -0.2) is 46.3 Å². The topological polar surface area (TPSA) is 69.6 Å². The van der Waals surface area contributed by atoms with Gasteiger partial charge in [0.1, 0.15) is 11.6 Å². The smallest absolute Gasteiger partial charge is 0.411 e. The molecule has 2 N–H and O–H groups in total. The number of carbonyl (C=O) groups excluding carboxylic acids is 1. The van der Waals surface area contributed by atoms with Gasteiger partial charge in [-0.05, 0) is 25.7 Å². The number of aliphatic carboxylic acids is 1. The summed E-state index contributed by atoms with van der Waals surface area (Å²) in [4.78, 5) is 23.5. The number of halogens is 3. The summed E-state index contributed by atoms with van der Waals surface area (Å²) in [6, 6.07) is -1.95. The van der Waals surface area contributed by atoms with Crippen molar-refractivity contribution in [3.05, 3.63) is 0 Å². The lowest BCUT2D eigenvalue weighted by Crippen LogP contribution is -2.54. The van der Waals surface area contributed by atoms with Gasteiger partial charge in [-0.25, -0.2) is 9.59 Å². The molecule has 102 valence electrons. The second-order valence-corrected chi connectivity index (χ2v) is 4.70. The highest BCUT2D eigenvalue weighted by Gasteiger charge is 2.64. The molecular formula is C10H13F3N2O3. The van der Waals surface area contributed by atoms with E-state index in [2.05, 4.69) is 0 Å². The standard InChI is InChI=1S/C10H13F3N2O3/c11-10(12,13)9(3-4-9)14-8(18)15-5-1-2-6(15)7(16)17/h6H,1-5H2,(H,14,18)(H,16,17)/t6-/m1/s1. The van der Waals surface area contributed by atoms with Crippen molar-refractivity contribution in [1.82, 2.24) is 10.2 Å². The fourth-order valence-electron chi connectivity index (χ4n) is 2.15. The van der Waals surface area contributed by atoms with Gasteiger partial charge in [0.2, 0.25) is 0 Å².